The van der Waals surface area contributed by atoms with E-state index in [4.69, 9.17) is 0 Å². The van der Waals surface area contributed by atoms with Gasteiger partial charge in [-0.25, -0.2) is 4.98 Å². The Balaban J connectivity index is 1.79. The van der Waals surface area contributed by atoms with E-state index >= 15 is 0 Å². The van der Waals surface area contributed by atoms with Crippen LogP contribution in [0.25, 0.3) is 10.2 Å². The van der Waals surface area contributed by atoms with Gasteiger partial charge in [0.05, 0.1) is 27.3 Å². The number of nitro benzene ring substituents is 1. The first kappa shape index (κ1) is 19.8. The van der Waals surface area contributed by atoms with Crippen LogP contribution in [0.1, 0.15) is 5.56 Å². The largest absolute Gasteiger partial charge is 0.325 e. The third-order valence-electron chi connectivity index (χ3n) is 3.97. The van der Waals surface area contributed by atoms with Gasteiger partial charge in [-0.1, -0.05) is 23.9 Å². The van der Waals surface area contributed by atoms with Crippen molar-refractivity contribution in [3.63, 3.8) is 0 Å². The van der Waals surface area contributed by atoms with Crippen LogP contribution in [0.2, 0.25) is 0 Å². The Labute approximate surface area is 168 Å². The van der Waals surface area contributed by atoms with Crippen LogP contribution in [-0.2, 0) is 11.3 Å². The van der Waals surface area contributed by atoms with Gasteiger partial charge in [-0.15, -0.1) is 17.9 Å². The minimum Gasteiger partial charge on any atom is -0.325 e. The van der Waals surface area contributed by atoms with Crippen molar-refractivity contribution >= 4 is 50.6 Å². The summed E-state index contributed by atoms with van der Waals surface area (Å²) in [5.41, 5.74) is 0.524. The Bertz CT molecular complexity index is 1140. The van der Waals surface area contributed by atoms with E-state index in [9.17, 15) is 19.7 Å². The van der Waals surface area contributed by atoms with Crippen LogP contribution in [0.3, 0.4) is 0 Å². The van der Waals surface area contributed by atoms with Crippen LogP contribution in [0.4, 0.5) is 11.4 Å². The molecule has 10 heteroatoms. The predicted octanol–water partition coefficient (Wildman–Crippen LogP) is 3.59. The highest BCUT2D eigenvalue weighted by atomic mass is 32.2. The molecule has 0 bridgehead atoms. The van der Waals surface area contributed by atoms with Gasteiger partial charge in [0.25, 0.3) is 11.2 Å². The number of hydrogen-bond acceptors (Lipinski definition) is 7. The van der Waals surface area contributed by atoms with Gasteiger partial charge >= 0.3 is 0 Å². The van der Waals surface area contributed by atoms with Crippen molar-refractivity contribution in [3.05, 3.63) is 68.3 Å². The van der Waals surface area contributed by atoms with Crippen LogP contribution in [0.5, 0.6) is 0 Å². The molecule has 0 aliphatic carbocycles. The zero-order valence-electron chi connectivity index (χ0n) is 14.9. The number of fused-ring (bicyclic) bond motifs is 1. The van der Waals surface area contributed by atoms with Crippen molar-refractivity contribution in [2.24, 2.45) is 0 Å². The molecule has 1 N–H and O–H groups in total. The van der Waals surface area contributed by atoms with Crippen LogP contribution in [0.15, 0.2) is 52.3 Å². The number of rotatable bonds is 7. The first-order valence-electron chi connectivity index (χ1n) is 8.18. The number of thioether (sulfide) groups is 1. The van der Waals surface area contributed by atoms with Gasteiger partial charge in [0.15, 0.2) is 5.16 Å². The molecule has 0 atom stereocenters. The second-order valence-corrected chi connectivity index (χ2v) is 7.62. The van der Waals surface area contributed by atoms with Crippen molar-refractivity contribution in [3.8, 4) is 0 Å². The van der Waals surface area contributed by atoms with Gasteiger partial charge in [-0.3, -0.25) is 24.3 Å². The molecule has 0 aliphatic rings. The minimum absolute atomic E-state index is 0.00258. The number of nitrogens with zero attached hydrogens (tertiary/aromatic N) is 3. The standard InChI is InChI=1S/C18H16N4O4S2/c1-3-8-21-17(24)12-7-9-27-16(12)20-18(21)28-10-15(23)19-13-5-4-6-14(11(13)2)22(25)26/h3-7,9H,1,8,10H2,2H3,(H,19,23). The van der Waals surface area contributed by atoms with E-state index in [1.54, 1.807) is 30.5 Å². The van der Waals surface area contributed by atoms with E-state index in [-0.39, 0.29) is 29.5 Å². The van der Waals surface area contributed by atoms with Gasteiger partial charge < -0.3 is 5.32 Å². The highest BCUT2D eigenvalue weighted by Crippen LogP contribution is 2.26. The number of thiophene rings is 1. The maximum Gasteiger partial charge on any atom is 0.274 e. The Morgan fingerprint density at radius 3 is 2.96 bits per heavy atom. The number of allylic oxidation sites excluding steroid dienone is 1. The number of hydrogen-bond donors (Lipinski definition) is 1. The second-order valence-electron chi connectivity index (χ2n) is 5.78. The maximum atomic E-state index is 12.6. The summed E-state index contributed by atoms with van der Waals surface area (Å²) in [6.07, 6.45) is 1.60. The molecule has 0 spiro atoms. The van der Waals surface area contributed by atoms with Gasteiger partial charge in [-0.2, -0.15) is 0 Å². The van der Waals surface area contributed by atoms with Gasteiger partial charge in [0.2, 0.25) is 5.91 Å². The van der Waals surface area contributed by atoms with Crippen molar-refractivity contribution in [2.45, 2.75) is 18.6 Å². The van der Waals surface area contributed by atoms with E-state index in [0.29, 0.717) is 26.6 Å². The number of carbonyl (C=O) groups excluding carboxylic acids is 1. The quantitative estimate of drug-likeness (QED) is 0.207. The SMILES string of the molecule is C=CCn1c(SCC(=O)Nc2cccc([N+](=O)[O-])c2C)nc2sccc2c1=O. The van der Waals surface area contributed by atoms with Crippen molar-refractivity contribution < 1.29 is 9.72 Å². The van der Waals surface area contributed by atoms with Crippen LogP contribution in [0, 0.1) is 17.0 Å². The second kappa shape index (κ2) is 8.36. The molecule has 28 heavy (non-hydrogen) atoms. The van der Waals surface area contributed by atoms with Gasteiger partial charge in [0, 0.05) is 12.6 Å². The highest BCUT2D eigenvalue weighted by molar-refractivity contribution is 7.99. The lowest BCUT2D eigenvalue weighted by molar-refractivity contribution is -0.385. The van der Waals surface area contributed by atoms with E-state index in [2.05, 4.69) is 16.9 Å². The third-order valence-corrected chi connectivity index (χ3v) is 5.75. The number of nitrogens with one attached hydrogen (secondary N) is 1. The fourth-order valence-electron chi connectivity index (χ4n) is 2.60. The summed E-state index contributed by atoms with van der Waals surface area (Å²) >= 11 is 2.49. The zero-order valence-corrected chi connectivity index (χ0v) is 16.5. The molecule has 1 amide bonds. The molecular weight excluding hydrogens is 400 g/mol. The Morgan fingerprint density at radius 2 is 2.25 bits per heavy atom. The average molecular weight is 416 g/mol. The summed E-state index contributed by atoms with van der Waals surface area (Å²) < 4.78 is 1.47. The lowest BCUT2D eigenvalue weighted by atomic mass is 10.1. The van der Waals surface area contributed by atoms with Gasteiger partial charge in [0.1, 0.15) is 4.83 Å². The Hall–Kier alpha value is -2.98. The minimum atomic E-state index is -0.492. The molecule has 0 unspecified atom stereocenters. The molecule has 0 saturated carbocycles. The molecule has 3 aromatic rings. The number of carbonyl (C=O) groups is 1. The van der Waals surface area contributed by atoms with Crippen LogP contribution < -0.4 is 10.9 Å². The molecule has 2 aromatic heterocycles. The molecule has 0 saturated heterocycles. The lowest BCUT2D eigenvalue weighted by Gasteiger charge is -2.11. The highest BCUT2D eigenvalue weighted by Gasteiger charge is 2.16. The first-order valence-corrected chi connectivity index (χ1v) is 10.0. The third kappa shape index (κ3) is 3.97. The Morgan fingerprint density at radius 1 is 1.46 bits per heavy atom. The lowest BCUT2D eigenvalue weighted by Crippen LogP contribution is -2.23. The fourth-order valence-corrected chi connectivity index (χ4v) is 4.22. The van der Waals surface area contributed by atoms with Gasteiger partial charge in [-0.05, 0) is 24.4 Å². The maximum absolute atomic E-state index is 12.6. The summed E-state index contributed by atoms with van der Waals surface area (Å²) in [5, 5.41) is 16.5. The number of amides is 1. The van der Waals surface area contributed by atoms with E-state index in [1.165, 1.54) is 28.0 Å². The molecule has 144 valence electrons. The summed E-state index contributed by atoms with van der Waals surface area (Å²) in [6.45, 7) is 5.52. The van der Waals surface area contributed by atoms with Crippen molar-refractivity contribution in [1.29, 1.82) is 0 Å². The molecule has 0 fully saturated rings. The number of aromatic nitrogens is 2. The smallest absolute Gasteiger partial charge is 0.274 e. The molecule has 2 heterocycles. The normalized spacial score (nSPS) is 10.8. The molecule has 8 nitrogen and oxygen atoms in total. The summed E-state index contributed by atoms with van der Waals surface area (Å²) in [4.78, 5) is 40.6. The summed E-state index contributed by atoms with van der Waals surface area (Å²) in [7, 11) is 0. The fraction of sp³-hybridized carbons (Fsp3) is 0.167. The monoisotopic (exact) mass is 416 g/mol. The topological polar surface area (TPSA) is 107 Å². The predicted molar refractivity (Wildman–Crippen MR) is 111 cm³/mol. The van der Waals surface area contributed by atoms with E-state index in [1.807, 2.05) is 0 Å². The zero-order chi connectivity index (χ0) is 20.3. The summed E-state index contributed by atoms with van der Waals surface area (Å²) in [5.74, 6) is -0.345. The molecule has 0 aliphatic heterocycles. The van der Waals surface area contributed by atoms with Crippen LogP contribution in [-0.4, -0.2) is 26.1 Å². The van der Waals surface area contributed by atoms with Crippen molar-refractivity contribution in [2.75, 3.05) is 11.1 Å². The molecule has 1 aromatic carbocycles. The molecule has 0 radical (unpaired) electrons. The van der Waals surface area contributed by atoms with E-state index < -0.39 is 4.92 Å². The molecular formula is C18H16N4O4S2. The molecule has 3 rings (SSSR count). The van der Waals surface area contributed by atoms with Crippen molar-refractivity contribution in [1.82, 2.24) is 9.55 Å². The average Bonchev–Trinajstić information content (AvgIpc) is 3.13. The van der Waals surface area contributed by atoms with Crippen LogP contribution >= 0.6 is 23.1 Å². The van der Waals surface area contributed by atoms with E-state index in [0.717, 1.165) is 11.8 Å². The number of anilines is 1. The number of nitro groups is 1. The Kier molecular flexibility index (Phi) is 5.90. The number of benzene rings is 1. The first-order chi connectivity index (χ1) is 13.4. The summed E-state index contributed by atoms with van der Waals surface area (Å²) in [6, 6.07) is 6.23.